The summed E-state index contributed by atoms with van der Waals surface area (Å²) in [4.78, 5) is 37.1. The lowest BCUT2D eigenvalue weighted by molar-refractivity contribution is -0.131. The van der Waals surface area contributed by atoms with Crippen molar-refractivity contribution < 1.29 is 19.6 Å². The van der Waals surface area contributed by atoms with Gasteiger partial charge in [0.05, 0.1) is 0 Å². The molecule has 4 N–H and O–H groups in total. The van der Waals surface area contributed by atoms with Gasteiger partial charge in [0.25, 0.3) is 11.8 Å². The number of nitrogens with one attached hydrogen (secondary N) is 3. The Kier molecular flexibility index (Phi) is 9.80. The fourth-order valence-corrected chi connectivity index (χ4v) is 3.50. The summed E-state index contributed by atoms with van der Waals surface area (Å²) in [7, 11) is 0. The molecule has 0 aliphatic carbocycles. The maximum Gasteiger partial charge on any atom is 0.267 e. The average molecular weight is 484 g/mol. The van der Waals surface area contributed by atoms with E-state index in [2.05, 4.69) is 22.5 Å². The Morgan fingerprint density at radius 3 is 2.03 bits per heavy atom. The van der Waals surface area contributed by atoms with Gasteiger partial charge in [-0.05, 0) is 54.3 Å². The number of hydroxylamine groups is 1. The first kappa shape index (κ1) is 26.2. The first-order valence-corrected chi connectivity index (χ1v) is 11.7. The number of carbonyl (C=O) groups is 3. The van der Waals surface area contributed by atoms with Crippen LogP contribution in [0, 0.1) is 11.8 Å². The van der Waals surface area contributed by atoms with E-state index in [1.807, 2.05) is 67.6 Å². The molecular weight excluding hydrogens is 454 g/mol. The third-order valence-corrected chi connectivity index (χ3v) is 5.68. The molecule has 7 heteroatoms. The van der Waals surface area contributed by atoms with Crippen molar-refractivity contribution in [2.45, 2.75) is 31.7 Å². The van der Waals surface area contributed by atoms with Crippen molar-refractivity contribution in [3.63, 3.8) is 0 Å². The summed E-state index contributed by atoms with van der Waals surface area (Å²) in [5.41, 5.74) is 4.62. The molecule has 0 bridgehead atoms. The van der Waals surface area contributed by atoms with E-state index in [0.717, 1.165) is 16.7 Å². The summed E-state index contributed by atoms with van der Waals surface area (Å²) in [5, 5.41) is 14.3. The molecule has 0 saturated heterocycles. The Hall–Kier alpha value is -4.41. The van der Waals surface area contributed by atoms with Crippen LogP contribution in [-0.2, 0) is 9.59 Å². The topological polar surface area (TPSA) is 108 Å². The van der Waals surface area contributed by atoms with Gasteiger partial charge in [-0.3, -0.25) is 19.6 Å². The number of carbonyl (C=O) groups excluding carboxylic acids is 3. The van der Waals surface area contributed by atoms with Crippen molar-refractivity contribution in [3.05, 3.63) is 107 Å². The Balaban J connectivity index is 1.52. The molecule has 2 atom stereocenters. The highest BCUT2D eigenvalue weighted by Crippen LogP contribution is 2.19. The van der Waals surface area contributed by atoms with E-state index >= 15 is 0 Å². The van der Waals surface area contributed by atoms with E-state index in [1.165, 1.54) is 5.48 Å². The number of hydrogen-bond donors (Lipinski definition) is 4. The molecule has 3 rings (SSSR count). The number of amides is 3. The third kappa shape index (κ3) is 8.12. The zero-order valence-corrected chi connectivity index (χ0v) is 20.0. The molecule has 184 valence electrons. The van der Waals surface area contributed by atoms with E-state index in [4.69, 9.17) is 5.21 Å². The highest BCUT2D eigenvalue weighted by atomic mass is 16.5. The molecule has 0 saturated carbocycles. The molecular formula is C29H29N3O4. The SMILES string of the molecule is C[C@H](CCC(=O)NC[C@H](NC(=O)c1ccc(C#Cc2ccccc2)cc1)C(=O)NO)c1ccccc1. The zero-order chi connectivity index (χ0) is 25.8. The van der Waals surface area contributed by atoms with Crippen LogP contribution in [0.3, 0.4) is 0 Å². The van der Waals surface area contributed by atoms with Gasteiger partial charge in [0.2, 0.25) is 5.91 Å². The second-order valence-corrected chi connectivity index (χ2v) is 8.35. The molecule has 3 aromatic carbocycles. The fraction of sp³-hybridized carbons (Fsp3) is 0.207. The molecule has 3 amide bonds. The lowest BCUT2D eigenvalue weighted by Crippen LogP contribution is -2.52. The molecule has 36 heavy (non-hydrogen) atoms. The highest BCUT2D eigenvalue weighted by molar-refractivity contribution is 5.97. The second kappa shape index (κ2) is 13.5. The van der Waals surface area contributed by atoms with Gasteiger partial charge >= 0.3 is 0 Å². The van der Waals surface area contributed by atoms with Gasteiger partial charge in [-0.1, -0.05) is 67.3 Å². The molecule has 0 heterocycles. The molecule has 0 unspecified atom stereocenters. The maximum absolute atomic E-state index is 12.7. The quantitative estimate of drug-likeness (QED) is 0.213. The largest absolute Gasteiger partial charge is 0.353 e. The number of rotatable bonds is 9. The van der Waals surface area contributed by atoms with Gasteiger partial charge < -0.3 is 10.6 Å². The van der Waals surface area contributed by atoms with Crippen molar-refractivity contribution in [3.8, 4) is 11.8 Å². The normalized spacial score (nSPS) is 11.8. The van der Waals surface area contributed by atoms with E-state index in [0.29, 0.717) is 12.0 Å². The molecule has 0 aliphatic heterocycles. The Labute approximate surface area is 210 Å². The van der Waals surface area contributed by atoms with Crippen molar-refractivity contribution in [1.29, 1.82) is 0 Å². The minimum atomic E-state index is -1.14. The first-order valence-electron chi connectivity index (χ1n) is 11.7. The fourth-order valence-electron chi connectivity index (χ4n) is 3.50. The minimum Gasteiger partial charge on any atom is -0.353 e. The summed E-state index contributed by atoms with van der Waals surface area (Å²) >= 11 is 0. The van der Waals surface area contributed by atoms with E-state index in [-0.39, 0.29) is 24.8 Å². The summed E-state index contributed by atoms with van der Waals surface area (Å²) in [6.07, 6.45) is 0.904. The van der Waals surface area contributed by atoms with Gasteiger partial charge in [0.1, 0.15) is 6.04 Å². The van der Waals surface area contributed by atoms with E-state index in [1.54, 1.807) is 24.3 Å². The lowest BCUT2D eigenvalue weighted by atomic mass is 9.96. The van der Waals surface area contributed by atoms with Crippen molar-refractivity contribution in [2.24, 2.45) is 0 Å². The standard InChI is InChI=1S/C29H29N3O4/c1-21(24-10-6-3-7-11-24)12-19-27(33)30-20-26(29(35)32-36)31-28(34)25-17-15-23(16-18-25)14-13-22-8-4-2-5-9-22/h2-11,15-18,21,26,36H,12,19-20H2,1H3,(H,30,33)(H,31,34)(H,32,35)/t21-,26+/m1/s1. The van der Waals surface area contributed by atoms with E-state index < -0.39 is 17.9 Å². The van der Waals surface area contributed by atoms with Crippen LogP contribution in [0.15, 0.2) is 84.9 Å². The number of hydrogen-bond acceptors (Lipinski definition) is 4. The predicted octanol–water partition coefficient (Wildman–Crippen LogP) is 3.39. The van der Waals surface area contributed by atoms with Crippen LogP contribution in [0.4, 0.5) is 0 Å². The van der Waals surface area contributed by atoms with Crippen LogP contribution in [0.5, 0.6) is 0 Å². The summed E-state index contributed by atoms with van der Waals surface area (Å²) in [5.74, 6) is 4.69. The molecule has 0 aromatic heterocycles. The smallest absolute Gasteiger partial charge is 0.267 e. The van der Waals surface area contributed by atoms with Crippen LogP contribution in [0.2, 0.25) is 0 Å². The molecule has 3 aromatic rings. The molecule has 0 radical (unpaired) electrons. The predicted molar refractivity (Wildman–Crippen MR) is 137 cm³/mol. The van der Waals surface area contributed by atoms with Gasteiger partial charge in [-0.25, -0.2) is 5.48 Å². The molecule has 0 fully saturated rings. The summed E-state index contributed by atoms with van der Waals surface area (Å²) in [6.45, 7) is 1.89. The minimum absolute atomic E-state index is 0.155. The van der Waals surface area contributed by atoms with Gasteiger partial charge in [0, 0.05) is 29.7 Å². The van der Waals surface area contributed by atoms with E-state index in [9.17, 15) is 14.4 Å². The van der Waals surface area contributed by atoms with Crippen LogP contribution >= 0.6 is 0 Å². The van der Waals surface area contributed by atoms with Gasteiger partial charge in [-0.2, -0.15) is 0 Å². The Morgan fingerprint density at radius 1 is 0.833 bits per heavy atom. The van der Waals surface area contributed by atoms with Crippen LogP contribution in [-0.4, -0.2) is 35.5 Å². The molecule has 7 nitrogen and oxygen atoms in total. The van der Waals surface area contributed by atoms with Crippen molar-refractivity contribution >= 4 is 17.7 Å². The maximum atomic E-state index is 12.7. The van der Waals surface area contributed by atoms with Crippen molar-refractivity contribution in [2.75, 3.05) is 6.54 Å². The number of benzene rings is 3. The highest BCUT2D eigenvalue weighted by Gasteiger charge is 2.22. The first-order chi connectivity index (χ1) is 17.5. The van der Waals surface area contributed by atoms with Gasteiger partial charge in [-0.15, -0.1) is 0 Å². The Morgan fingerprint density at radius 2 is 1.42 bits per heavy atom. The average Bonchev–Trinajstić information content (AvgIpc) is 2.93. The van der Waals surface area contributed by atoms with Crippen LogP contribution in [0.1, 0.15) is 52.7 Å². The lowest BCUT2D eigenvalue weighted by Gasteiger charge is -2.18. The molecule has 0 aliphatic rings. The van der Waals surface area contributed by atoms with Gasteiger partial charge in [0.15, 0.2) is 0 Å². The monoisotopic (exact) mass is 483 g/mol. The second-order valence-electron chi connectivity index (χ2n) is 8.35. The Bertz CT molecular complexity index is 1220. The molecule has 0 spiro atoms. The third-order valence-electron chi connectivity index (χ3n) is 5.68. The van der Waals surface area contributed by atoms with Crippen molar-refractivity contribution in [1.82, 2.24) is 16.1 Å². The van der Waals surface area contributed by atoms with Crippen LogP contribution in [0.25, 0.3) is 0 Å². The van der Waals surface area contributed by atoms with Crippen LogP contribution < -0.4 is 16.1 Å². The summed E-state index contributed by atoms with van der Waals surface area (Å²) < 4.78 is 0. The summed E-state index contributed by atoms with van der Waals surface area (Å²) in [6, 6.07) is 24.9. The zero-order valence-electron chi connectivity index (χ0n) is 20.0.